The topological polar surface area (TPSA) is 110 Å². The normalized spacial score (nSPS) is 12.0. The van der Waals surface area contributed by atoms with E-state index in [4.69, 9.17) is 10.5 Å². The standard InChI is InChI=1S/C17H22N4O3/c1-3-12-8-15(22)21-17(20-12)11-5-4-6-13(7-11)19-16(23)9-14(10-18)24-2/h4-8,14H,3,9-10,18H2,1-2H3,(H,19,23)(H,20,21,22). The summed E-state index contributed by atoms with van der Waals surface area (Å²) in [6, 6.07) is 8.63. The molecule has 7 nitrogen and oxygen atoms in total. The van der Waals surface area contributed by atoms with Crippen LogP contribution in [-0.2, 0) is 16.0 Å². The third-order valence-electron chi connectivity index (χ3n) is 3.59. The van der Waals surface area contributed by atoms with Gasteiger partial charge in [-0.15, -0.1) is 0 Å². The van der Waals surface area contributed by atoms with Gasteiger partial charge in [0.15, 0.2) is 0 Å². The predicted molar refractivity (Wildman–Crippen MR) is 92.8 cm³/mol. The van der Waals surface area contributed by atoms with Crippen molar-refractivity contribution in [1.29, 1.82) is 0 Å². The molecule has 0 bridgehead atoms. The van der Waals surface area contributed by atoms with Gasteiger partial charge >= 0.3 is 0 Å². The lowest BCUT2D eigenvalue weighted by Gasteiger charge is -2.13. The van der Waals surface area contributed by atoms with Gasteiger partial charge in [0.25, 0.3) is 5.56 Å². The highest BCUT2D eigenvalue weighted by Crippen LogP contribution is 2.19. The molecule has 1 unspecified atom stereocenters. The van der Waals surface area contributed by atoms with Gasteiger partial charge in [0.2, 0.25) is 5.91 Å². The molecule has 0 saturated heterocycles. The number of benzene rings is 1. The van der Waals surface area contributed by atoms with E-state index in [-0.39, 0.29) is 30.5 Å². The molecule has 128 valence electrons. The van der Waals surface area contributed by atoms with Crippen molar-refractivity contribution < 1.29 is 9.53 Å². The van der Waals surface area contributed by atoms with Crippen LogP contribution in [0.1, 0.15) is 19.0 Å². The fourth-order valence-corrected chi connectivity index (χ4v) is 2.25. The van der Waals surface area contributed by atoms with Crippen LogP contribution >= 0.6 is 0 Å². The molecule has 0 fully saturated rings. The zero-order valence-corrected chi connectivity index (χ0v) is 13.8. The van der Waals surface area contributed by atoms with Crippen molar-refractivity contribution in [2.45, 2.75) is 25.9 Å². The van der Waals surface area contributed by atoms with Crippen LogP contribution in [0.5, 0.6) is 0 Å². The third-order valence-corrected chi connectivity index (χ3v) is 3.59. The summed E-state index contributed by atoms with van der Waals surface area (Å²) in [5.74, 6) is 0.292. The Bertz CT molecular complexity index is 753. The van der Waals surface area contributed by atoms with Gasteiger partial charge in [0, 0.05) is 36.7 Å². The van der Waals surface area contributed by atoms with Crippen LogP contribution in [0.25, 0.3) is 11.4 Å². The number of carbonyl (C=O) groups is 1. The quantitative estimate of drug-likeness (QED) is 0.709. The maximum Gasteiger partial charge on any atom is 0.251 e. The molecule has 4 N–H and O–H groups in total. The van der Waals surface area contributed by atoms with Crippen LogP contribution in [0, 0.1) is 0 Å². The minimum Gasteiger partial charge on any atom is -0.380 e. The molecule has 0 radical (unpaired) electrons. The number of amides is 1. The average Bonchev–Trinajstić information content (AvgIpc) is 2.59. The van der Waals surface area contributed by atoms with E-state index in [1.807, 2.05) is 13.0 Å². The molecule has 0 aliphatic rings. The number of carbonyl (C=O) groups excluding carboxylic acids is 1. The number of hydrogen-bond acceptors (Lipinski definition) is 5. The number of H-pyrrole nitrogens is 1. The largest absolute Gasteiger partial charge is 0.380 e. The Morgan fingerprint density at radius 1 is 1.42 bits per heavy atom. The van der Waals surface area contributed by atoms with Crippen molar-refractivity contribution >= 4 is 11.6 Å². The molecule has 0 aliphatic carbocycles. The Kier molecular flexibility index (Phi) is 6.22. The fraction of sp³-hybridized carbons (Fsp3) is 0.353. The van der Waals surface area contributed by atoms with Gasteiger partial charge in [0.1, 0.15) is 5.82 Å². The zero-order valence-electron chi connectivity index (χ0n) is 13.8. The Labute approximate surface area is 140 Å². The van der Waals surface area contributed by atoms with E-state index in [1.165, 1.54) is 13.2 Å². The number of hydrogen-bond donors (Lipinski definition) is 3. The second kappa shape index (κ2) is 8.37. The molecule has 1 atom stereocenters. The highest BCUT2D eigenvalue weighted by molar-refractivity contribution is 5.91. The predicted octanol–water partition coefficient (Wildman–Crippen LogP) is 1.30. The van der Waals surface area contributed by atoms with E-state index in [1.54, 1.807) is 18.2 Å². The number of aromatic amines is 1. The molecule has 24 heavy (non-hydrogen) atoms. The van der Waals surface area contributed by atoms with Crippen molar-refractivity contribution in [3.63, 3.8) is 0 Å². The highest BCUT2D eigenvalue weighted by Gasteiger charge is 2.12. The molecule has 0 spiro atoms. The van der Waals surface area contributed by atoms with E-state index in [0.29, 0.717) is 23.6 Å². The number of nitrogens with zero attached hydrogens (tertiary/aromatic N) is 1. The van der Waals surface area contributed by atoms with Crippen LogP contribution in [0.2, 0.25) is 0 Å². The van der Waals surface area contributed by atoms with Gasteiger partial charge < -0.3 is 20.8 Å². The maximum absolute atomic E-state index is 12.0. The molecular weight excluding hydrogens is 308 g/mol. The van der Waals surface area contributed by atoms with Crippen molar-refractivity contribution in [2.24, 2.45) is 5.73 Å². The number of ether oxygens (including phenoxy) is 1. The molecule has 7 heteroatoms. The monoisotopic (exact) mass is 330 g/mol. The Hall–Kier alpha value is -2.51. The van der Waals surface area contributed by atoms with Gasteiger partial charge in [-0.25, -0.2) is 4.98 Å². The lowest BCUT2D eigenvalue weighted by atomic mass is 10.1. The summed E-state index contributed by atoms with van der Waals surface area (Å²) in [6.07, 6.45) is 0.537. The molecule has 1 aromatic heterocycles. The third kappa shape index (κ3) is 4.74. The van der Waals surface area contributed by atoms with Gasteiger partial charge in [-0.2, -0.15) is 0 Å². The summed E-state index contributed by atoms with van der Waals surface area (Å²) >= 11 is 0. The number of aromatic nitrogens is 2. The summed E-state index contributed by atoms with van der Waals surface area (Å²) in [6.45, 7) is 2.21. The number of nitrogens with two attached hydrogens (primary N) is 1. The smallest absolute Gasteiger partial charge is 0.251 e. The Morgan fingerprint density at radius 2 is 2.21 bits per heavy atom. The van der Waals surface area contributed by atoms with Crippen molar-refractivity contribution in [1.82, 2.24) is 9.97 Å². The molecule has 0 aliphatic heterocycles. The van der Waals surface area contributed by atoms with E-state index in [0.717, 1.165) is 5.56 Å². The summed E-state index contributed by atoms with van der Waals surface area (Å²) in [5.41, 5.74) is 7.38. The van der Waals surface area contributed by atoms with Crippen LogP contribution < -0.4 is 16.6 Å². The van der Waals surface area contributed by atoms with Gasteiger partial charge in [-0.3, -0.25) is 9.59 Å². The van der Waals surface area contributed by atoms with Crippen molar-refractivity contribution in [3.05, 3.63) is 46.4 Å². The first kappa shape index (κ1) is 17.8. The summed E-state index contributed by atoms with van der Waals surface area (Å²) < 4.78 is 5.10. The molecule has 1 aromatic carbocycles. The van der Waals surface area contributed by atoms with E-state index < -0.39 is 0 Å². The zero-order chi connectivity index (χ0) is 17.5. The first-order valence-electron chi connectivity index (χ1n) is 7.79. The Morgan fingerprint density at radius 3 is 2.88 bits per heavy atom. The Balaban J connectivity index is 2.19. The summed E-state index contributed by atoms with van der Waals surface area (Å²) in [7, 11) is 1.52. The SMILES string of the molecule is CCc1cc(=O)[nH]c(-c2cccc(NC(=O)CC(CN)OC)c2)n1. The van der Waals surface area contributed by atoms with Gasteiger partial charge in [-0.1, -0.05) is 19.1 Å². The second-order valence-corrected chi connectivity index (χ2v) is 5.37. The number of rotatable bonds is 7. The number of nitrogens with one attached hydrogen (secondary N) is 2. The molecule has 2 rings (SSSR count). The van der Waals surface area contributed by atoms with Gasteiger partial charge in [0.05, 0.1) is 12.5 Å². The summed E-state index contributed by atoms with van der Waals surface area (Å²) in [5, 5.41) is 2.80. The maximum atomic E-state index is 12.0. The van der Waals surface area contributed by atoms with Gasteiger partial charge in [-0.05, 0) is 18.6 Å². The van der Waals surface area contributed by atoms with Crippen molar-refractivity contribution in [3.8, 4) is 11.4 Å². The molecular formula is C17H22N4O3. The van der Waals surface area contributed by atoms with E-state index in [2.05, 4.69) is 15.3 Å². The second-order valence-electron chi connectivity index (χ2n) is 5.37. The first-order chi connectivity index (χ1) is 11.5. The molecule has 0 saturated carbocycles. The van der Waals surface area contributed by atoms with Crippen LogP contribution in [0.15, 0.2) is 35.1 Å². The minimum absolute atomic E-state index is 0.178. The number of aryl methyl sites for hydroxylation is 1. The highest BCUT2D eigenvalue weighted by atomic mass is 16.5. The first-order valence-corrected chi connectivity index (χ1v) is 7.79. The summed E-state index contributed by atoms with van der Waals surface area (Å²) in [4.78, 5) is 30.9. The van der Waals surface area contributed by atoms with Crippen LogP contribution in [0.4, 0.5) is 5.69 Å². The van der Waals surface area contributed by atoms with Crippen LogP contribution in [-0.4, -0.2) is 35.6 Å². The average molecular weight is 330 g/mol. The minimum atomic E-state index is -0.313. The van der Waals surface area contributed by atoms with E-state index >= 15 is 0 Å². The lowest BCUT2D eigenvalue weighted by Crippen LogP contribution is -2.28. The van der Waals surface area contributed by atoms with Crippen molar-refractivity contribution in [2.75, 3.05) is 19.0 Å². The molecule has 1 heterocycles. The fourth-order valence-electron chi connectivity index (χ4n) is 2.25. The number of methoxy groups -OCH3 is 1. The molecule has 1 amide bonds. The molecule has 2 aromatic rings. The van der Waals surface area contributed by atoms with E-state index in [9.17, 15) is 9.59 Å². The lowest BCUT2D eigenvalue weighted by molar-refractivity contribution is -0.118. The van der Waals surface area contributed by atoms with Crippen LogP contribution in [0.3, 0.4) is 0 Å². The number of anilines is 1.